The minimum atomic E-state index is -3.64. The van der Waals surface area contributed by atoms with Crippen LogP contribution in [0.5, 0.6) is 0 Å². The van der Waals surface area contributed by atoms with E-state index in [1.54, 1.807) is 42.5 Å². The molecule has 1 amide bonds. The molecule has 3 aromatic carbocycles. The van der Waals surface area contributed by atoms with Crippen LogP contribution >= 0.6 is 23.2 Å². The monoisotopic (exact) mass is 546 g/mol. The van der Waals surface area contributed by atoms with Gasteiger partial charge < -0.3 is 15.1 Å². The van der Waals surface area contributed by atoms with Gasteiger partial charge in [0.15, 0.2) is 0 Å². The highest BCUT2D eigenvalue weighted by Crippen LogP contribution is 2.29. The van der Waals surface area contributed by atoms with Crippen molar-refractivity contribution in [1.82, 2.24) is 4.90 Å². The second-order valence-corrected chi connectivity index (χ2v) is 11.5. The minimum Gasteiger partial charge on any atom is -0.369 e. The van der Waals surface area contributed by atoms with Gasteiger partial charge in [0.05, 0.1) is 18.5 Å². The Balaban J connectivity index is 1.45. The Morgan fingerprint density at radius 2 is 1.50 bits per heavy atom. The van der Waals surface area contributed by atoms with Crippen LogP contribution in [-0.2, 0) is 16.6 Å². The molecule has 0 spiro atoms. The van der Waals surface area contributed by atoms with E-state index in [1.165, 1.54) is 4.31 Å². The maximum Gasteiger partial charge on any atom is 0.255 e. The molecule has 10 heteroatoms. The van der Waals surface area contributed by atoms with Gasteiger partial charge in [0.25, 0.3) is 5.91 Å². The summed E-state index contributed by atoms with van der Waals surface area (Å²) in [6.07, 6.45) is 1.12. The molecular weight excluding hydrogens is 519 g/mol. The van der Waals surface area contributed by atoms with E-state index in [4.69, 9.17) is 23.2 Å². The van der Waals surface area contributed by atoms with Gasteiger partial charge in [-0.15, -0.1) is 0 Å². The van der Waals surface area contributed by atoms with E-state index in [0.29, 0.717) is 32.5 Å². The van der Waals surface area contributed by atoms with E-state index in [-0.39, 0.29) is 12.5 Å². The van der Waals surface area contributed by atoms with E-state index in [2.05, 4.69) is 22.2 Å². The molecule has 0 atom stereocenters. The quantitative estimate of drug-likeness (QED) is 0.453. The van der Waals surface area contributed by atoms with Crippen molar-refractivity contribution in [2.75, 3.05) is 54.0 Å². The number of piperazine rings is 1. The first kappa shape index (κ1) is 26.3. The van der Waals surface area contributed by atoms with Crippen LogP contribution in [0.4, 0.5) is 17.1 Å². The molecule has 0 unspecified atom stereocenters. The molecule has 4 rings (SSSR count). The Bertz CT molecular complexity index is 1300. The molecule has 190 valence electrons. The largest absolute Gasteiger partial charge is 0.369 e. The van der Waals surface area contributed by atoms with Gasteiger partial charge in [0.2, 0.25) is 10.0 Å². The molecule has 1 aliphatic heterocycles. The lowest BCUT2D eigenvalue weighted by Gasteiger charge is -2.34. The van der Waals surface area contributed by atoms with Crippen molar-refractivity contribution < 1.29 is 13.2 Å². The molecule has 3 aromatic rings. The van der Waals surface area contributed by atoms with Gasteiger partial charge in [0.1, 0.15) is 0 Å². The molecule has 0 radical (unpaired) electrons. The first-order valence-corrected chi connectivity index (χ1v) is 14.1. The standard InChI is InChI=1S/C26H28Cl2N4O3S/c1-30-14-16-31(17-15-30)21-12-8-20(9-13-21)29-26(33)19-6-10-22(11-7-19)32(36(2,34)35)18-23-24(27)4-3-5-25(23)28/h3-13H,14-18H2,1-2H3,(H,29,33). The zero-order chi connectivity index (χ0) is 25.9. The van der Waals surface area contributed by atoms with Crippen LogP contribution in [0.2, 0.25) is 10.0 Å². The fourth-order valence-electron chi connectivity index (χ4n) is 4.03. The average molecular weight is 548 g/mol. The van der Waals surface area contributed by atoms with Crippen LogP contribution in [0.25, 0.3) is 0 Å². The highest BCUT2D eigenvalue weighted by molar-refractivity contribution is 7.92. The van der Waals surface area contributed by atoms with Crippen molar-refractivity contribution in [3.63, 3.8) is 0 Å². The number of nitrogens with one attached hydrogen (secondary N) is 1. The topological polar surface area (TPSA) is 73.0 Å². The SMILES string of the molecule is CN1CCN(c2ccc(NC(=O)c3ccc(N(Cc4c(Cl)cccc4Cl)S(C)(=O)=O)cc3)cc2)CC1. The molecule has 7 nitrogen and oxygen atoms in total. The molecule has 1 aliphatic rings. The number of hydrogen-bond donors (Lipinski definition) is 1. The van der Waals surface area contributed by atoms with E-state index in [9.17, 15) is 13.2 Å². The first-order valence-electron chi connectivity index (χ1n) is 11.5. The van der Waals surface area contributed by atoms with E-state index in [1.807, 2.05) is 24.3 Å². The Morgan fingerprint density at radius 3 is 2.06 bits per heavy atom. The predicted octanol–water partition coefficient (Wildman–Crippen LogP) is 4.96. The van der Waals surface area contributed by atoms with Gasteiger partial charge in [0, 0.05) is 58.7 Å². The molecule has 0 saturated carbocycles. The summed E-state index contributed by atoms with van der Waals surface area (Å²) in [4.78, 5) is 17.4. The van der Waals surface area contributed by atoms with Crippen molar-refractivity contribution in [2.45, 2.75) is 6.54 Å². The number of sulfonamides is 1. The van der Waals surface area contributed by atoms with Gasteiger partial charge >= 0.3 is 0 Å². The number of likely N-dealkylation sites (N-methyl/N-ethyl adjacent to an activating group) is 1. The lowest BCUT2D eigenvalue weighted by atomic mass is 10.1. The van der Waals surface area contributed by atoms with Gasteiger partial charge in [-0.05, 0) is 67.7 Å². The number of anilines is 3. The van der Waals surface area contributed by atoms with Crippen molar-refractivity contribution in [3.05, 3.63) is 87.9 Å². The van der Waals surface area contributed by atoms with Crippen molar-refractivity contribution in [2.24, 2.45) is 0 Å². The smallest absolute Gasteiger partial charge is 0.255 e. The minimum absolute atomic E-state index is 0.0253. The maximum absolute atomic E-state index is 12.8. The van der Waals surface area contributed by atoms with Crippen molar-refractivity contribution in [3.8, 4) is 0 Å². The van der Waals surface area contributed by atoms with Crippen molar-refractivity contribution in [1.29, 1.82) is 0 Å². The van der Waals surface area contributed by atoms with E-state index in [0.717, 1.165) is 38.1 Å². The van der Waals surface area contributed by atoms with Crippen LogP contribution in [-0.4, -0.2) is 58.7 Å². The fraction of sp³-hybridized carbons (Fsp3) is 0.269. The van der Waals surface area contributed by atoms with Gasteiger partial charge in [-0.2, -0.15) is 0 Å². The number of amides is 1. The number of hydrogen-bond acceptors (Lipinski definition) is 5. The Labute approximate surface area is 222 Å². The second-order valence-electron chi connectivity index (χ2n) is 8.81. The summed E-state index contributed by atoms with van der Waals surface area (Å²) >= 11 is 12.5. The molecule has 36 heavy (non-hydrogen) atoms. The summed E-state index contributed by atoms with van der Waals surface area (Å²) in [5.41, 5.74) is 3.14. The molecule has 1 saturated heterocycles. The van der Waals surface area contributed by atoms with E-state index < -0.39 is 10.0 Å². The Hall–Kier alpha value is -2.78. The summed E-state index contributed by atoms with van der Waals surface area (Å²) in [5, 5.41) is 3.66. The van der Waals surface area contributed by atoms with E-state index >= 15 is 0 Å². The third-order valence-corrected chi connectivity index (χ3v) is 8.02. The summed E-state index contributed by atoms with van der Waals surface area (Å²) in [6.45, 7) is 3.97. The zero-order valence-electron chi connectivity index (χ0n) is 20.1. The van der Waals surface area contributed by atoms with Crippen LogP contribution in [0.15, 0.2) is 66.7 Å². The molecule has 0 aliphatic carbocycles. The fourth-order valence-corrected chi connectivity index (χ4v) is 5.41. The Kier molecular flexibility index (Phi) is 8.10. The van der Waals surface area contributed by atoms with Crippen molar-refractivity contribution >= 4 is 56.2 Å². The zero-order valence-corrected chi connectivity index (χ0v) is 22.4. The molecular formula is C26H28Cl2N4O3S. The maximum atomic E-state index is 12.8. The summed E-state index contributed by atoms with van der Waals surface area (Å²) in [6, 6.07) is 19.2. The third kappa shape index (κ3) is 6.31. The summed E-state index contributed by atoms with van der Waals surface area (Å²) < 4.78 is 26.3. The number of halogens is 2. The Morgan fingerprint density at radius 1 is 0.917 bits per heavy atom. The van der Waals surface area contributed by atoms with Crippen LogP contribution in [0.1, 0.15) is 15.9 Å². The number of benzene rings is 3. The molecule has 1 fully saturated rings. The second kappa shape index (κ2) is 11.1. The number of carbonyl (C=O) groups is 1. The number of nitrogens with zero attached hydrogens (tertiary/aromatic N) is 3. The predicted molar refractivity (Wildman–Crippen MR) is 148 cm³/mol. The van der Waals surface area contributed by atoms with Crippen LogP contribution in [0, 0.1) is 0 Å². The van der Waals surface area contributed by atoms with Gasteiger partial charge in [-0.25, -0.2) is 8.42 Å². The van der Waals surface area contributed by atoms with Gasteiger partial charge in [-0.1, -0.05) is 29.3 Å². The van der Waals surface area contributed by atoms with Crippen LogP contribution in [0.3, 0.4) is 0 Å². The number of rotatable bonds is 7. The summed E-state index contributed by atoms with van der Waals surface area (Å²) in [7, 11) is -1.52. The summed E-state index contributed by atoms with van der Waals surface area (Å²) in [5.74, 6) is -0.283. The normalized spacial score (nSPS) is 14.5. The lowest BCUT2D eigenvalue weighted by Crippen LogP contribution is -2.44. The highest BCUT2D eigenvalue weighted by atomic mass is 35.5. The third-order valence-electron chi connectivity index (χ3n) is 6.17. The average Bonchev–Trinajstić information content (AvgIpc) is 2.84. The first-order chi connectivity index (χ1) is 17.1. The van der Waals surface area contributed by atoms with Gasteiger partial charge in [-0.3, -0.25) is 9.10 Å². The van der Waals surface area contributed by atoms with Crippen LogP contribution < -0.4 is 14.5 Å². The molecule has 0 aromatic heterocycles. The molecule has 1 N–H and O–H groups in total. The lowest BCUT2D eigenvalue weighted by molar-refractivity contribution is 0.102. The molecule has 1 heterocycles. The highest BCUT2D eigenvalue weighted by Gasteiger charge is 2.21. The number of carbonyl (C=O) groups excluding carboxylic acids is 1. The molecule has 0 bridgehead atoms.